The Morgan fingerprint density at radius 2 is 2.00 bits per heavy atom. The number of amides is 1. The summed E-state index contributed by atoms with van der Waals surface area (Å²) in [6.45, 7) is 1.82. The van der Waals surface area contributed by atoms with E-state index in [2.05, 4.69) is 36.2 Å². The van der Waals surface area contributed by atoms with Crippen LogP contribution in [0, 0.1) is 6.92 Å². The fraction of sp³-hybridized carbons (Fsp3) is 0.231. The molecule has 0 aliphatic rings. The molecule has 7 nitrogen and oxygen atoms in total. The fourth-order valence-electron chi connectivity index (χ4n) is 1.68. The van der Waals surface area contributed by atoms with Crippen molar-refractivity contribution in [2.45, 2.75) is 18.2 Å². The molecule has 1 heterocycles. The van der Waals surface area contributed by atoms with Crippen LogP contribution in [0.2, 0.25) is 0 Å². The lowest BCUT2D eigenvalue weighted by Crippen LogP contribution is -2.27. The van der Waals surface area contributed by atoms with Gasteiger partial charge in [-0.05, 0) is 31.2 Å². The first-order valence-electron chi connectivity index (χ1n) is 6.44. The van der Waals surface area contributed by atoms with Crippen molar-refractivity contribution >= 4 is 37.7 Å². The summed E-state index contributed by atoms with van der Waals surface area (Å²) in [6.07, 6.45) is 0.0155. The molecule has 0 spiro atoms. The number of rotatable bonds is 6. The Hall–Kier alpha value is -1.71. The molecule has 1 aromatic heterocycles. The minimum Gasteiger partial charge on any atom is -0.309 e. The first kappa shape index (κ1) is 16.7. The molecule has 0 radical (unpaired) electrons. The average molecular weight is 387 g/mol. The Kier molecular flexibility index (Phi) is 5.33. The van der Waals surface area contributed by atoms with Crippen molar-refractivity contribution in [3.63, 3.8) is 0 Å². The summed E-state index contributed by atoms with van der Waals surface area (Å²) in [5.41, 5.74) is 0.825. The van der Waals surface area contributed by atoms with Gasteiger partial charge in [0.25, 0.3) is 0 Å². The van der Waals surface area contributed by atoms with Gasteiger partial charge in [-0.1, -0.05) is 15.9 Å². The topological polar surface area (TPSA) is 104 Å². The van der Waals surface area contributed by atoms with E-state index in [1.165, 1.54) is 12.1 Å². The SMILES string of the molecule is Cc1cc(NC(=O)CCNS(=O)(=O)c2ccc(Br)cc2)n[nH]1. The van der Waals surface area contributed by atoms with Crippen molar-refractivity contribution in [1.29, 1.82) is 0 Å². The van der Waals surface area contributed by atoms with Crippen molar-refractivity contribution in [3.8, 4) is 0 Å². The molecular weight excluding hydrogens is 372 g/mol. The maximum Gasteiger partial charge on any atom is 0.240 e. The minimum atomic E-state index is -3.61. The van der Waals surface area contributed by atoms with Gasteiger partial charge in [0.05, 0.1) is 4.90 Å². The van der Waals surface area contributed by atoms with Gasteiger partial charge >= 0.3 is 0 Å². The van der Waals surface area contributed by atoms with Gasteiger partial charge in [-0.15, -0.1) is 0 Å². The van der Waals surface area contributed by atoms with Crippen LogP contribution >= 0.6 is 15.9 Å². The maximum atomic E-state index is 12.0. The first-order chi connectivity index (χ1) is 10.4. The maximum absolute atomic E-state index is 12.0. The summed E-state index contributed by atoms with van der Waals surface area (Å²) >= 11 is 3.24. The molecule has 0 aliphatic carbocycles. The number of nitrogens with one attached hydrogen (secondary N) is 3. The Balaban J connectivity index is 1.84. The van der Waals surface area contributed by atoms with E-state index in [-0.39, 0.29) is 23.8 Å². The van der Waals surface area contributed by atoms with E-state index in [0.717, 1.165) is 10.2 Å². The van der Waals surface area contributed by atoms with Crippen LogP contribution in [0.15, 0.2) is 39.7 Å². The zero-order chi connectivity index (χ0) is 16.2. The van der Waals surface area contributed by atoms with E-state index in [0.29, 0.717) is 5.82 Å². The molecular formula is C13H15BrN4O3S. The molecule has 0 unspecified atom stereocenters. The van der Waals surface area contributed by atoms with Gasteiger partial charge in [-0.25, -0.2) is 13.1 Å². The highest BCUT2D eigenvalue weighted by Crippen LogP contribution is 2.14. The molecule has 2 rings (SSSR count). The second kappa shape index (κ2) is 7.03. The van der Waals surface area contributed by atoms with Gasteiger partial charge < -0.3 is 5.32 Å². The van der Waals surface area contributed by atoms with E-state index < -0.39 is 10.0 Å². The van der Waals surface area contributed by atoms with E-state index in [1.54, 1.807) is 18.2 Å². The van der Waals surface area contributed by atoms with Crippen LogP contribution in [-0.4, -0.2) is 31.1 Å². The second-order valence-electron chi connectivity index (χ2n) is 4.59. The van der Waals surface area contributed by atoms with Gasteiger partial charge in [0.15, 0.2) is 5.82 Å². The zero-order valence-electron chi connectivity index (χ0n) is 11.8. The highest BCUT2D eigenvalue weighted by Gasteiger charge is 2.14. The van der Waals surface area contributed by atoms with Crippen molar-refractivity contribution < 1.29 is 13.2 Å². The molecule has 2 aromatic rings. The quantitative estimate of drug-likeness (QED) is 0.703. The predicted octanol–water partition coefficient (Wildman–Crippen LogP) is 1.79. The van der Waals surface area contributed by atoms with Gasteiger partial charge in [-0.2, -0.15) is 5.10 Å². The van der Waals surface area contributed by atoms with Crippen LogP contribution < -0.4 is 10.0 Å². The molecule has 0 aliphatic heterocycles. The lowest BCUT2D eigenvalue weighted by Gasteiger charge is -2.06. The van der Waals surface area contributed by atoms with Crippen molar-refractivity contribution in [2.24, 2.45) is 0 Å². The Morgan fingerprint density at radius 1 is 1.32 bits per heavy atom. The monoisotopic (exact) mass is 386 g/mol. The molecule has 1 amide bonds. The van der Waals surface area contributed by atoms with Gasteiger partial charge in [0.1, 0.15) is 0 Å². The van der Waals surface area contributed by atoms with E-state index in [9.17, 15) is 13.2 Å². The number of H-pyrrole nitrogens is 1. The van der Waals surface area contributed by atoms with E-state index >= 15 is 0 Å². The molecule has 3 N–H and O–H groups in total. The Labute approximate surface area is 136 Å². The molecule has 118 valence electrons. The first-order valence-corrected chi connectivity index (χ1v) is 8.71. The standard InChI is InChI=1S/C13H15BrN4O3S/c1-9-8-12(18-17-9)16-13(19)6-7-15-22(20,21)11-4-2-10(14)3-5-11/h2-5,8,15H,6-7H2,1H3,(H2,16,17,18,19). The molecule has 22 heavy (non-hydrogen) atoms. The minimum absolute atomic E-state index is 0.00757. The van der Waals surface area contributed by atoms with Crippen molar-refractivity contribution in [2.75, 3.05) is 11.9 Å². The lowest BCUT2D eigenvalue weighted by atomic mass is 10.4. The zero-order valence-corrected chi connectivity index (χ0v) is 14.2. The molecule has 0 fully saturated rings. The fourth-order valence-corrected chi connectivity index (χ4v) is 2.98. The highest BCUT2D eigenvalue weighted by molar-refractivity contribution is 9.10. The van der Waals surface area contributed by atoms with Gasteiger partial charge in [-0.3, -0.25) is 9.89 Å². The Bertz CT molecular complexity index is 756. The number of aryl methyl sites for hydroxylation is 1. The molecule has 0 saturated carbocycles. The van der Waals surface area contributed by atoms with Crippen LogP contribution in [0.25, 0.3) is 0 Å². The molecule has 9 heteroatoms. The molecule has 0 bridgehead atoms. The number of hydrogen-bond donors (Lipinski definition) is 3. The van der Waals surface area contributed by atoms with Crippen LogP contribution in [0.1, 0.15) is 12.1 Å². The number of carbonyl (C=O) groups excluding carboxylic acids is 1. The van der Waals surface area contributed by atoms with Crippen LogP contribution in [0.4, 0.5) is 5.82 Å². The van der Waals surface area contributed by atoms with E-state index in [4.69, 9.17) is 0 Å². The van der Waals surface area contributed by atoms with Crippen molar-refractivity contribution in [3.05, 3.63) is 40.5 Å². The number of benzene rings is 1. The molecule has 0 atom stereocenters. The number of halogens is 1. The number of nitrogens with zero attached hydrogens (tertiary/aromatic N) is 1. The smallest absolute Gasteiger partial charge is 0.240 e. The number of hydrogen-bond acceptors (Lipinski definition) is 4. The Morgan fingerprint density at radius 3 is 2.59 bits per heavy atom. The number of sulfonamides is 1. The van der Waals surface area contributed by atoms with Crippen LogP contribution in [0.5, 0.6) is 0 Å². The third-order valence-electron chi connectivity index (χ3n) is 2.74. The normalized spacial score (nSPS) is 11.4. The summed E-state index contributed by atoms with van der Waals surface area (Å²) in [6, 6.07) is 7.93. The average Bonchev–Trinajstić information content (AvgIpc) is 2.84. The number of anilines is 1. The predicted molar refractivity (Wildman–Crippen MR) is 85.9 cm³/mol. The van der Waals surface area contributed by atoms with Crippen LogP contribution in [-0.2, 0) is 14.8 Å². The van der Waals surface area contributed by atoms with Crippen LogP contribution in [0.3, 0.4) is 0 Å². The molecule has 1 aromatic carbocycles. The van der Waals surface area contributed by atoms with Gasteiger partial charge in [0, 0.05) is 29.2 Å². The summed E-state index contributed by atoms with van der Waals surface area (Å²) in [7, 11) is -3.61. The second-order valence-corrected chi connectivity index (χ2v) is 7.27. The summed E-state index contributed by atoms with van der Waals surface area (Å²) < 4.78 is 27.2. The lowest BCUT2D eigenvalue weighted by molar-refractivity contribution is -0.116. The van der Waals surface area contributed by atoms with Gasteiger partial charge in [0.2, 0.25) is 15.9 Å². The number of aromatic amines is 1. The third-order valence-corrected chi connectivity index (χ3v) is 4.75. The number of carbonyl (C=O) groups is 1. The van der Waals surface area contributed by atoms with Crippen molar-refractivity contribution in [1.82, 2.24) is 14.9 Å². The summed E-state index contributed by atoms with van der Waals surface area (Å²) in [5, 5.41) is 9.14. The summed E-state index contributed by atoms with van der Waals surface area (Å²) in [4.78, 5) is 11.8. The largest absolute Gasteiger partial charge is 0.309 e. The highest BCUT2D eigenvalue weighted by atomic mass is 79.9. The molecule has 0 saturated heterocycles. The number of aromatic nitrogens is 2. The van der Waals surface area contributed by atoms with E-state index in [1.807, 2.05) is 6.92 Å². The third kappa shape index (κ3) is 4.65. The summed E-state index contributed by atoms with van der Waals surface area (Å²) in [5.74, 6) is 0.100.